The molecule has 4 heteroatoms. The number of rotatable bonds is 5. The first-order valence-electron chi connectivity index (χ1n) is 4.97. The third kappa shape index (κ3) is 2.56. The van der Waals surface area contributed by atoms with Gasteiger partial charge in [-0.1, -0.05) is 0 Å². The van der Waals surface area contributed by atoms with Crippen LogP contribution in [0.2, 0.25) is 0 Å². The minimum atomic E-state index is 0.139. The molecule has 4 nitrogen and oxygen atoms in total. The van der Waals surface area contributed by atoms with Gasteiger partial charge >= 0.3 is 0 Å². The van der Waals surface area contributed by atoms with E-state index in [0.717, 1.165) is 12.3 Å². The van der Waals surface area contributed by atoms with E-state index in [1.807, 2.05) is 33.3 Å². The zero-order valence-electron chi connectivity index (χ0n) is 9.32. The molecule has 2 unspecified atom stereocenters. The number of ether oxygens (including phenoxy) is 1. The molecule has 0 spiro atoms. The maximum absolute atomic E-state index is 5.55. The van der Waals surface area contributed by atoms with Crippen LogP contribution in [0.1, 0.15) is 25.6 Å². The van der Waals surface area contributed by atoms with Crippen molar-refractivity contribution in [3.05, 3.63) is 18.0 Å². The highest BCUT2D eigenvalue weighted by Crippen LogP contribution is 2.16. The SMILES string of the molecule is CCOC(C)C(NC)c1ccn(C)n1. The van der Waals surface area contributed by atoms with Gasteiger partial charge in [0.25, 0.3) is 0 Å². The Morgan fingerprint density at radius 2 is 2.36 bits per heavy atom. The predicted molar refractivity (Wildman–Crippen MR) is 56.1 cm³/mol. The second-order valence-electron chi connectivity index (χ2n) is 3.34. The molecule has 0 saturated carbocycles. The molecule has 14 heavy (non-hydrogen) atoms. The van der Waals surface area contributed by atoms with Crippen LogP contribution in [0.15, 0.2) is 12.3 Å². The second-order valence-corrected chi connectivity index (χ2v) is 3.34. The normalized spacial score (nSPS) is 15.4. The highest BCUT2D eigenvalue weighted by atomic mass is 16.5. The lowest BCUT2D eigenvalue weighted by atomic mass is 10.1. The van der Waals surface area contributed by atoms with Crippen molar-refractivity contribution in [2.75, 3.05) is 13.7 Å². The molecule has 80 valence electrons. The molecule has 0 aliphatic carbocycles. The van der Waals surface area contributed by atoms with Gasteiger partial charge in [-0.25, -0.2) is 0 Å². The van der Waals surface area contributed by atoms with E-state index >= 15 is 0 Å². The molecule has 1 aromatic rings. The lowest BCUT2D eigenvalue weighted by Crippen LogP contribution is -2.30. The zero-order valence-corrected chi connectivity index (χ0v) is 9.32. The molecule has 0 saturated heterocycles. The van der Waals surface area contributed by atoms with Crippen molar-refractivity contribution in [1.29, 1.82) is 0 Å². The van der Waals surface area contributed by atoms with Gasteiger partial charge in [0.1, 0.15) is 0 Å². The van der Waals surface area contributed by atoms with Gasteiger partial charge in [-0.2, -0.15) is 5.10 Å². The summed E-state index contributed by atoms with van der Waals surface area (Å²) in [6, 6.07) is 2.17. The van der Waals surface area contributed by atoms with Gasteiger partial charge in [-0.05, 0) is 27.0 Å². The maximum Gasteiger partial charge on any atom is 0.0820 e. The van der Waals surface area contributed by atoms with Crippen molar-refractivity contribution < 1.29 is 4.74 Å². The van der Waals surface area contributed by atoms with Crippen LogP contribution < -0.4 is 5.32 Å². The van der Waals surface area contributed by atoms with Gasteiger partial charge in [0.15, 0.2) is 0 Å². The maximum atomic E-state index is 5.55. The highest BCUT2D eigenvalue weighted by molar-refractivity contribution is 5.07. The van der Waals surface area contributed by atoms with Crippen molar-refractivity contribution in [1.82, 2.24) is 15.1 Å². The summed E-state index contributed by atoms with van der Waals surface area (Å²) < 4.78 is 7.35. The van der Waals surface area contributed by atoms with Crippen LogP contribution in [0.5, 0.6) is 0 Å². The molecule has 1 N–H and O–H groups in total. The average Bonchev–Trinajstić information content (AvgIpc) is 2.54. The lowest BCUT2D eigenvalue weighted by Gasteiger charge is -2.21. The molecule has 0 fully saturated rings. The molecule has 0 bridgehead atoms. The predicted octanol–water partition coefficient (Wildman–Crippen LogP) is 1.11. The lowest BCUT2D eigenvalue weighted by molar-refractivity contribution is 0.0481. The number of aryl methyl sites for hydroxylation is 1. The van der Waals surface area contributed by atoms with E-state index in [4.69, 9.17) is 4.74 Å². The first-order chi connectivity index (χ1) is 6.69. The summed E-state index contributed by atoms with van der Waals surface area (Å²) in [7, 11) is 3.84. The molecular formula is C10H19N3O. The number of nitrogens with one attached hydrogen (secondary N) is 1. The first-order valence-corrected chi connectivity index (χ1v) is 4.97. The van der Waals surface area contributed by atoms with E-state index in [2.05, 4.69) is 17.3 Å². The minimum Gasteiger partial charge on any atom is -0.377 e. The van der Waals surface area contributed by atoms with Crippen molar-refractivity contribution >= 4 is 0 Å². The number of hydrogen-bond acceptors (Lipinski definition) is 3. The minimum absolute atomic E-state index is 0.139. The smallest absolute Gasteiger partial charge is 0.0820 e. The monoisotopic (exact) mass is 197 g/mol. The van der Waals surface area contributed by atoms with Gasteiger partial charge in [0, 0.05) is 19.9 Å². The molecule has 0 aliphatic rings. The standard InChI is InChI=1S/C10H19N3O/c1-5-14-8(2)10(11-3)9-6-7-13(4)12-9/h6-8,10-11H,5H2,1-4H3. The number of likely N-dealkylation sites (N-methyl/N-ethyl adjacent to an activating group) is 1. The topological polar surface area (TPSA) is 39.1 Å². The Balaban J connectivity index is 2.71. The molecule has 2 atom stereocenters. The first kappa shape index (κ1) is 11.2. The van der Waals surface area contributed by atoms with Crippen LogP contribution in [0, 0.1) is 0 Å². The highest BCUT2D eigenvalue weighted by Gasteiger charge is 2.19. The van der Waals surface area contributed by atoms with E-state index in [9.17, 15) is 0 Å². The molecule has 0 aromatic carbocycles. The third-order valence-corrected chi connectivity index (χ3v) is 2.26. The molecule has 1 heterocycles. The summed E-state index contributed by atoms with van der Waals surface area (Å²) >= 11 is 0. The summed E-state index contributed by atoms with van der Waals surface area (Å²) in [5.74, 6) is 0. The second kappa shape index (κ2) is 5.12. The summed E-state index contributed by atoms with van der Waals surface area (Å²) in [4.78, 5) is 0. The molecule has 0 amide bonds. The quantitative estimate of drug-likeness (QED) is 0.768. The molecule has 0 aliphatic heterocycles. The fraction of sp³-hybridized carbons (Fsp3) is 0.700. The van der Waals surface area contributed by atoms with E-state index in [0.29, 0.717) is 0 Å². The Labute approximate surface area is 85.3 Å². The fourth-order valence-corrected chi connectivity index (χ4v) is 1.58. The van der Waals surface area contributed by atoms with Crippen molar-refractivity contribution in [2.24, 2.45) is 7.05 Å². The van der Waals surface area contributed by atoms with Crippen LogP contribution in [0.4, 0.5) is 0 Å². The number of nitrogens with zero attached hydrogens (tertiary/aromatic N) is 2. The van der Waals surface area contributed by atoms with Crippen LogP contribution >= 0.6 is 0 Å². The molecule has 1 aromatic heterocycles. The summed E-state index contributed by atoms with van der Waals surface area (Å²) in [6.07, 6.45) is 2.08. The Hall–Kier alpha value is -0.870. The summed E-state index contributed by atoms with van der Waals surface area (Å²) in [6.45, 7) is 4.78. The number of aromatic nitrogens is 2. The van der Waals surface area contributed by atoms with Gasteiger partial charge in [0.2, 0.25) is 0 Å². The largest absolute Gasteiger partial charge is 0.377 e. The van der Waals surface area contributed by atoms with Crippen LogP contribution in [-0.4, -0.2) is 29.5 Å². The fourth-order valence-electron chi connectivity index (χ4n) is 1.58. The van der Waals surface area contributed by atoms with Gasteiger partial charge in [-0.15, -0.1) is 0 Å². The van der Waals surface area contributed by atoms with Crippen molar-refractivity contribution in [2.45, 2.75) is 26.0 Å². The molecule has 1 rings (SSSR count). The van der Waals surface area contributed by atoms with Gasteiger partial charge < -0.3 is 10.1 Å². The Morgan fingerprint density at radius 1 is 1.64 bits per heavy atom. The van der Waals surface area contributed by atoms with E-state index in [1.165, 1.54) is 0 Å². The van der Waals surface area contributed by atoms with E-state index in [1.54, 1.807) is 4.68 Å². The third-order valence-electron chi connectivity index (χ3n) is 2.26. The summed E-state index contributed by atoms with van der Waals surface area (Å²) in [5.41, 5.74) is 1.02. The zero-order chi connectivity index (χ0) is 10.6. The van der Waals surface area contributed by atoms with Crippen molar-refractivity contribution in [3.63, 3.8) is 0 Å². The number of hydrogen-bond donors (Lipinski definition) is 1. The Morgan fingerprint density at radius 3 is 2.79 bits per heavy atom. The summed E-state index contributed by atoms with van der Waals surface area (Å²) in [5, 5.41) is 7.57. The molecule has 0 radical (unpaired) electrons. The van der Waals surface area contributed by atoms with Crippen LogP contribution in [-0.2, 0) is 11.8 Å². The Bertz CT molecular complexity index is 272. The van der Waals surface area contributed by atoms with E-state index < -0.39 is 0 Å². The van der Waals surface area contributed by atoms with Gasteiger partial charge in [0.05, 0.1) is 17.8 Å². The van der Waals surface area contributed by atoms with Crippen molar-refractivity contribution in [3.8, 4) is 0 Å². The van der Waals surface area contributed by atoms with Crippen LogP contribution in [0.3, 0.4) is 0 Å². The Kier molecular flexibility index (Phi) is 4.10. The van der Waals surface area contributed by atoms with E-state index in [-0.39, 0.29) is 12.1 Å². The van der Waals surface area contributed by atoms with Gasteiger partial charge in [-0.3, -0.25) is 4.68 Å². The average molecular weight is 197 g/mol. The molecular weight excluding hydrogens is 178 g/mol. The van der Waals surface area contributed by atoms with Crippen LogP contribution in [0.25, 0.3) is 0 Å².